The van der Waals surface area contributed by atoms with Crippen LogP contribution in [0.5, 0.6) is 0 Å². The van der Waals surface area contributed by atoms with E-state index < -0.39 is 5.60 Å². The Labute approximate surface area is 117 Å². The summed E-state index contributed by atoms with van der Waals surface area (Å²) in [5.41, 5.74) is 0.397. The van der Waals surface area contributed by atoms with Gasteiger partial charge in [-0.15, -0.1) is 0 Å². The topological polar surface area (TPSA) is 49.5 Å². The molecule has 1 aliphatic rings. The SMILES string of the molecule is CC(C)(O)C1CCCN1Cc1nc2cc(F)ccc2o1. The van der Waals surface area contributed by atoms with Crippen LogP contribution < -0.4 is 0 Å². The molecule has 1 unspecified atom stereocenters. The van der Waals surface area contributed by atoms with Crippen LogP contribution in [0.3, 0.4) is 0 Å². The van der Waals surface area contributed by atoms with Gasteiger partial charge in [0.2, 0.25) is 5.89 Å². The number of halogens is 1. The molecule has 20 heavy (non-hydrogen) atoms. The minimum Gasteiger partial charge on any atom is -0.439 e. The predicted octanol–water partition coefficient (Wildman–Crippen LogP) is 2.70. The maximum absolute atomic E-state index is 13.1. The van der Waals surface area contributed by atoms with Gasteiger partial charge in [-0.3, -0.25) is 4.90 Å². The zero-order valence-corrected chi connectivity index (χ0v) is 11.8. The summed E-state index contributed by atoms with van der Waals surface area (Å²) < 4.78 is 18.8. The molecule has 3 rings (SSSR count). The molecular weight excluding hydrogens is 259 g/mol. The van der Waals surface area contributed by atoms with E-state index in [0.717, 1.165) is 19.4 Å². The van der Waals surface area contributed by atoms with E-state index in [1.807, 2.05) is 13.8 Å². The smallest absolute Gasteiger partial charge is 0.209 e. The summed E-state index contributed by atoms with van der Waals surface area (Å²) in [6.07, 6.45) is 2.03. The van der Waals surface area contributed by atoms with Crippen LogP contribution in [-0.4, -0.2) is 33.2 Å². The summed E-state index contributed by atoms with van der Waals surface area (Å²) in [7, 11) is 0. The van der Waals surface area contributed by atoms with Crippen LogP contribution in [0.2, 0.25) is 0 Å². The summed E-state index contributed by atoms with van der Waals surface area (Å²) >= 11 is 0. The Morgan fingerprint density at radius 1 is 1.50 bits per heavy atom. The molecule has 0 aliphatic carbocycles. The zero-order chi connectivity index (χ0) is 14.3. The van der Waals surface area contributed by atoms with E-state index in [1.54, 1.807) is 6.07 Å². The quantitative estimate of drug-likeness (QED) is 0.938. The van der Waals surface area contributed by atoms with Gasteiger partial charge in [-0.25, -0.2) is 9.37 Å². The Hall–Kier alpha value is -1.46. The van der Waals surface area contributed by atoms with Gasteiger partial charge in [-0.1, -0.05) is 0 Å². The average Bonchev–Trinajstić information content (AvgIpc) is 2.94. The minimum atomic E-state index is -0.741. The maximum atomic E-state index is 13.1. The van der Waals surface area contributed by atoms with Crippen molar-refractivity contribution in [1.82, 2.24) is 9.88 Å². The fourth-order valence-corrected chi connectivity index (χ4v) is 3.01. The third-order valence-electron chi connectivity index (χ3n) is 3.91. The summed E-state index contributed by atoms with van der Waals surface area (Å²) in [5, 5.41) is 10.2. The third-order valence-corrected chi connectivity index (χ3v) is 3.91. The number of fused-ring (bicyclic) bond motifs is 1. The molecule has 0 spiro atoms. The van der Waals surface area contributed by atoms with Crippen molar-refractivity contribution in [2.75, 3.05) is 6.54 Å². The highest BCUT2D eigenvalue weighted by Crippen LogP contribution is 2.28. The van der Waals surface area contributed by atoms with Gasteiger partial charge >= 0.3 is 0 Å². The monoisotopic (exact) mass is 278 g/mol. The van der Waals surface area contributed by atoms with Crippen molar-refractivity contribution in [3.63, 3.8) is 0 Å². The van der Waals surface area contributed by atoms with Crippen LogP contribution >= 0.6 is 0 Å². The second-order valence-corrected chi connectivity index (χ2v) is 6.00. The lowest BCUT2D eigenvalue weighted by atomic mass is 9.97. The van der Waals surface area contributed by atoms with E-state index in [2.05, 4.69) is 9.88 Å². The number of nitrogens with zero attached hydrogens (tertiary/aromatic N) is 2. The Bertz CT molecular complexity index is 618. The molecule has 1 aliphatic heterocycles. The van der Waals surface area contributed by atoms with Gasteiger partial charge in [0.05, 0.1) is 12.1 Å². The summed E-state index contributed by atoms with van der Waals surface area (Å²) in [4.78, 5) is 6.51. The maximum Gasteiger partial charge on any atom is 0.209 e. The lowest BCUT2D eigenvalue weighted by Crippen LogP contribution is -2.45. The lowest BCUT2D eigenvalue weighted by Gasteiger charge is -2.32. The standard InChI is InChI=1S/C15H19FN2O2/c1-15(2,19)13-4-3-7-18(13)9-14-17-11-8-10(16)5-6-12(11)20-14/h5-6,8,13,19H,3-4,7,9H2,1-2H3. The number of benzene rings is 1. The van der Waals surface area contributed by atoms with E-state index in [-0.39, 0.29) is 11.9 Å². The number of hydrogen-bond acceptors (Lipinski definition) is 4. The van der Waals surface area contributed by atoms with Gasteiger partial charge < -0.3 is 9.52 Å². The van der Waals surface area contributed by atoms with Crippen molar-refractivity contribution in [2.24, 2.45) is 0 Å². The molecule has 1 aromatic heterocycles. The molecule has 0 amide bonds. The Kier molecular flexibility index (Phi) is 3.26. The molecule has 1 atom stereocenters. The fourth-order valence-electron chi connectivity index (χ4n) is 3.01. The van der Waals surface area contributed by atoms with Crippen LogP contribution in [0.25, 0.3) is 11.1 Å². The van der Waals surface area contributed by atoms with Gasteiger partial charge in [0.1, 0.15) is 11.3 Å². The van der Waals surface area contributed by atoms with Gasteiger partial charge in [0, 0.05) is 12.1 Å². The molecule has 2 heterocycles. The van der Waals surface area contributed by atoms with Gasteiger partial charge in [-0.2, -0.15) is 0 Å². The van der Waals surface area contributed by atoms with E-state index in [9.17, 15) is 9.50 Å². The van der Waals surface area contributed by atoms with E-state index in [4.69, 9.17) is 4.42 Å². The third kappa shape index (κ3) is 2.55. The van der Waals surface area contributed by atoms with Crippen LogP contribution in [0, 0.1) is 5.82 Å². The van der Waals surface area contributed by atoms with Crippen molar-refractivity contribution in [1.29, 1.82) is 0 Å². The highest BCUT2D eigenvalue weighted by Gasteiger charge is 2.36. The van der Waals surface area contributed by atoms with Crippen LogP contribution in [0.15, 0.2) is 22.6 Å². The zero-order valence-electron chi connectivity index (χ0n) is 11.8. The Morgan fingerprint density at radius 2 is 2.30 bits per heavy atom. The molecule has 0 saturated carbocycles. The molecule has 1 fully saturated rings. The number of rotatable bonds is 3. The van der Waals surface area contributed by atoms with Gasteiger partial charge in [0.25, 0.3) is 0 Å². The lowest BCUT2D eigenvalue weighted by molar-refractivity contribution is -0.00712. The van der Waals surface area contributed by atoms with Crippen molar-refractivity contribution in [3.8, 4) is 0 Å². The molecule has 1 aromatic carbocycles. The molecule has 1 N–H and O–H groups in total. The largest absolute Gasteiger partial charge is 0.439 e. The predicted molar refractivity (Wildman–Crippen MR) is 73.7 cm³/mol. The fraction of sp³-hybridized carbons (Fsp3) is 0.533. The molecule has 0 bridgehead atoms. The van der Waals surface area contributed by atoms with Gasteiger partial charge in [0.15, 0.2) is 5.58 Å². The average molecular weight is 278 g/mol. The molecule has 1 saturated heterocycles. The number of aliphatic hydroxyl groups is 1. The van der Waals surface area contributed by atoms with Crippen LogP contribution in [0.4, 0.5) is 4.39 Å². The first-order chi connectivity index (χ1) is 9.43. The van der Waals surface area contributed by atoms with E-state index in [0.29, 0.717) is 23.5 Å². The molecule has 2 aromatic rings. The first-order valence-electron chi connectivity index (χ1n) is 6.95. The first-order valence-corrected chi connectivity index (χ1v) is 6.95. The van der Waals surface area contributed by atoms with Crippen molar-refractivity contribution >= 4 is 11.1 Å². The Morgan fingerprint density at radius 3 is 3.05 bits per heavy atom. The Balaban J connectivity index is 1.82. The first kappa shape index (κ1) is 13.5. The molecular formula is C15H19FN2O2. The summed E-state index contributed by atoms with van der Waals surface area (Å²) in [6, 6.07) is 4.44. The molecule has 0 radical (unpaired) electrons. The number of hydrogen-bond donors (Lipinski definition) is 1. The highest BCUT2D eigenvalue weighted by molar-refractivity contribution is 5.72. The number of oxazole rings is 1. The summed E-state index contributed by atoms with van der Waals surface area (Å²) in [6.45, 7) is 5.13. The second-order valence-electron chi connectivity index (χ2n) is 6.00. The van der Waals surface area contributed by atoms with Gasteiger partial charge in [-0.05, 0) is 45.4 Å². The normalized spacial score (nSPS) is 20.9. The van der Waals surface area contributed by atoms with Crippen molar-refractivity contribution in [2.45, 2.75) is 44.9 Å². The van der Waals surface area contributed by atoms with Crippen LogP contribution in [0.1, 0.15) is 32.6 Å². The van der Waals surface area contributed by atoms with Crippen molar-refractivity contribution in [3.05, 3.63) is 29.9 Å². The second kappa shape index (κ2) is 4.82. The van der Waals surface area contributed by atoms with E-state index in [1.165, 1.54) is 12.1 Å². The van der Waals surface area contributed by atoms with E-state index >= 15 is 0 Å². The molecule has 4 nitrogen and oxygen atoms in total. The van der Waals surface area contributed by atoms with Crippen LogP contribution in [-0.2, 0) is 6.54 Å². The van der Waals surface area contributed by atoms with Crippen molar-refractivity contribution < 1.29 is 13.9 Å². The molecule has 108 valence electrons. The number of likely N-dealkylation sites (tertiary alicyclic amines) is 1. The molecule has 5 heteroatoms. The highest BCUT2D eigenvalue weighted by atomic mass is 19.1. The minimum absolute atomic E-state index is 0.106. The number of aromatic nitrogens is 1. The summed E-state index contributed by atoms with van der Waals surface area (Å²) in [5.74, 6) is 0.259.